The molecular weight excluding hydrogens is 402 g/mol. The number of anilines is 2. The van der Waals surface area contributed by atoms with Crippen LogP contribution in [0.3, 0.4) is 0 Å². The molecular formula is C20H19N7O2S. The van der Waals surface area contributed by atoms with Crippen molar-refractivity contribution < 1.29 is 9.53 Å². The van der Waals surface area contributed by atoms with Crippen molar-refractivity contribution in [2.45, 2.75) is 25.7 Å². The zero-order chi connectivity index (χ0) is 21.0. The molecule has 0 radical (unpaired) electrons. The number of thiazole rings is 1. The second kappa shape index (κ2) is 6.49. The van der Waals surface area contributed by atoms with Gasteiger partial charge in [0.05, 0.1) is 28.7 Å². The number of nitrogens with zero attached hydrogens (tertiary/aromatic N) is 4. The van der Waals surface area contributed by atoms with Gasteiger partial charge in [-0.25, -0.2) is 15.0 Å². The van der Waals surface area contributed by atoms with Crippen LogP contribution < -0.4 is 15.8 Å². The molecule has 1 amide bonds. The van der Waals surface area contributed by atoms with Gasteiger partial charge in [-0.05, 0) is 35.6 Å². The summed E-state index contributed by atoms with van der Waals surface area (Å²) < 4.78 is 6.18. The molecule has 30 heavy (non-hydrogen) atoms. The van der Waals surface area contributed by atoms with Crippen molar-refractivity contribution in [1.82, 2.24) is 25.1 Å². The van der Waals surface area contributed by atoms with Gasteiger partial charge in [-0.3, -0.25) is 15.2 Å². The number of rotatable bonds is 3. The van der Waals surface area contributed by atoms with Gasteiger partial charge in [0.15, 0.2) is 10.8 Å². The number of hydrogen-bond donors (Lipinski definition) is 3. The van der Waals surface area contributed by atoms with Crippen molar-refractivity contribution in [1.29, 1.82) is 0 Å². The molecule has 3 heterocycles. The standard InChI is InChI=1S/C20H19N7O2S/c1-20(2)7-9-8-22-18(21)24-14(9)15-13(20)16(27-26-15)17(28)25-19-23-11-5-4-10(29-3)6-12(11)30-19/h4-6,8H,7H2,1-3H3,(H,26,27)(H2,21,22,24)(H,23,25,28). The number of aromatic amines is 1. The molecule has 1 aromatic carbocycles. The number of ether oxygens (including phenoxy) is 1. The number of nitrogens with two attached hydrogens (primary N) is 1. The molecule has 152 valence electrons. The highest BCUT2D eigenvalue weighted by molar-refractivity contribution is 7.22. The second-order valence-electron chi connectivity index (χ2n) is 7.79. The summed E-state index contributed by atoms with van der Waals surface area (Å²) in [5, 5.41) is 10.7. The van der Waals surface area contributed by atoms with Gasteiger partial charge >= 0.3 is 0 Å². The first kappa shape index (κ1) is 18.5. The lowest BCUT2D eigenvalue weighted by Crippen LogP contribution is -2.29. The van der Waals surface area contributed by atoms with E-state index in [1.54, 1.807) is 13.3 Å². The summed E-state index contributed by atoms with van der Waals surface area (Å²) in [7, 11) is 1.62. The third-order valence-electron chi connectivity index (χ3n) is 5.23. The van der Waals surface area contributed by atoms with E-state index >= 15 is 0 Å². The number of fused-ring (bicyclic) bond motifs is 4. The molecule has 0 saturated carbocycles. The van der Waals surface area contributed by atoms with Gasteiger partial charge in [0.25, 0.3) is 5.91 Å². The van der Waals surface area contributed by atoms with E-state index in [0.717, 1.165) is 27.1 Å². The number of hydrogen-bond acceptors (Lipinski definition) is 8. The Morgan fingerprint density at radius 1 is 1.33 bits per heavy atom. The molecule has 0 bridgehead atoms. The number of carbonyl (C=O) groups is 1. The van der Waals surface area contributed by atoms with Gasteiger partial charge in [-0.15, -0.1) is 0 Å². The minimum Gasteiger partial charge on any atom is -0.497 e. The lowest BCUT2D eigenvalue weighted by atomic mass is 9.73. The minimum absolute atomic E-state index is 0.185. The largest absolute Gasteiger partial charge is 0.497 e. The summed E-state index contributed by atoms with van der Waals surface area (Å²) in [6.07, 6.45) is 2.41. The summed E-state index contributed by atoms with van der Waals surface area (Å²) in [5.74, 6) is 0.606. The van der Waals surface area contributed by atoms with E-state index in [4.69, 9.17) is 10.5 Å². The van der Waals surface area contributed by atoms with Crippen LogP contribution in [0, 0.1) is 0 Å². The van der Waals surface area contributed by atoms with E-state index in [0.29, 0.717) is 28.6 Å². The zero-order valence-electron chi connectivity index (χ0n) is 16.6. The zero-order valence-corrected chi connectivity index (χ0v) is 17.4. The lowest BCUT2D eigenvalue weighted by molar-refractivity contribution is 0.102. The highest BCUT2D eigenvalue weighted by atomic mass is 32.1. The Kier molecular flexibility index (Phi) is 4.00. The average Bonchev–Trinajstić information content (AvgIpc) is 3.32. The van der Waals surface area contributed by atoms with Crippen LogP contribution in [-0.4, -0.2) is 38.2 Å². The third kappa shape index (κ3) is 2.88. The second-order valence-corrected chi connectivity index (χ2v) is 8.82. The van der Waals surface area contributed by atoms with E-state index in [9.17, 15) is 4.79 Å². The van der Waals surface area contributed by atoms with Gasteiger partial charge in [-0.1, -0.05) is 25.2 Å². The molecule has 3 aromatic heterocycles. The molecule has 4 aromatic rings. The molecule has 0 spiro atoms. The van der Waals surface area contributed by atoms with Crippen LogP contribution in [0.5, 0.6) is 5.75 Å². The Bertz CT molecular complexity index is 1310. The van der Waals surface area contributed by atoms with Crippen molar-refractivity contribution >= 4 is 38.5 Å². The molecule has 4 N–H and O–H groups in total. The first-order chi connectivity index (χ1) is 14.4. The van der Waals surface area contributed by atoms with E-state index in [-0.39, 0.29) is 17.3 Å². The van der Waals surface area contributed by atoms with Crippen LogP contribution >= 0.6 is 11.3 Å². The molecule has 0 unspecified atom stereocenters. The molecule has 1 aliphatic carbocycles. The van der Waals surface area contributed by atoms with Crippen LogP contribution in [0.15, 0.2) is 24.4 Å². The van der Waals surface area contributed by atoms with Crippen LogP contribution in [0.25, 0.3) is 21.6 Å². The summed E-state index contributed by atoms with van der Waals surface area (Å²) in [5.41, 5.74) is 9.75. The minimum atomic E-state index is -0.331. The fourth-order valence-corrected chi connectivity index (χ4v) is 4.80. The molecule has 10 heteroatoms. The number of benzene rings is 1. The van der Waals surface area contributed by atoms with Gasteiger partial charge in [0, 0.05) is 11.8 Å². The molecule has 0 atom stereocenters. The number of carbonyl (C=O) groups excluding carboxylic acids is 1. The van der Waals surface area contributed by atoms with Crippen molar-refractivity contribution in [3.05, 3.63) is 41.2 Å². The third-order valence-corrected chi connectivity index (χ3v) is 6.16. The van der Waals surface area contributed by atoms with Gasteiger partial charge < -0.3 is 10.5 Å². The molecule has 0 aliphatic heterocycles. The van der Waals surface area contributed by atoms with Gasteiger partial charge in [0.1, 0.15) is 5.75 Å². The summed E-state index contributed by atoms with van der Waals surface area (Å²) in [6, 6.07) is 5.59. The van der Waals surface area contributed by atoms with Crippen LogP contribution in [-0.2, 0) is 11.8 Å². The predicted octanol–water partition coefficient (Wildman–Crippen LogP) is 3.15. The SMILES string of the molecule is COc1ccc2nc(NC(=O)c3n[nH]c4c3C(C)(C)Cc3cnc(N)nc3-4)sc2c1. The molecule has 5 rings (SSSR count). The number of aromatic nitrogens is 5. The molecule has 0 saturated heterocycles. The van der Waals surface area contributed by atoms with E-state index in [1.807, 2.05) is 18.2 Å². The predicted molar refractivity (Wildman–Crippen MR) is 115 cm³/mol. The van der Waals surface area contributed by atoms with Crippen LogP contribution in [0.1, 0.15) is 35.5 Å². The highest BCUT2D eigenvalue weighted by Crippen LogP contribution is 2.43. The van der Waals surface area contributed by atoms with E-state index in [1.165, 1.54) is 11.3 Å². The Labute approximate surface area is 175 Å². The maximum Gasteiger partial charge on any atom is 0.278 e. The number of nitrogen functional groups attached to an aromatic ring is 1. The average molecular weight is 421 g/mol. The van der Waals surface area contributed by atoms with Crippen molar-refractivity contribution in [3.63, 3.8) is 0 Å². The quantitative estimate of drug-likeness (QED) is 0.463. The summed E-state index contributed by atoms with van der Waals surface area (Å²) >= 11 is 1.38. The molecule has 0 fully saturated rings. The fourth-order valence-electron chi connectivity index (χ4n) is 3.91. The van der Waals surface area contributed by atoms with Crippen molar-refractivity contribution in [2.75, 3.05) is 18.2 Å². The van der Waals surface area contributed by atoms with E-state index in [2.05, 4.69) is 44.3 Å². The van der Waals surface area contributed by atoms with Crippen molar-refractivity contribution in [3.8, 4) is 17.1 Å². The normalized spacial score (nSPS) is 14.2. The van der Waals surface area contributed by atoms with Crippen LogP contribution in [0.4, 0.5) is 11.1 Å². The number of H-pyrrole nitrogens is 1. The molecule has 1 aliphatic rings. The van der Waals surface area contributed by atoms with Crippen LogP contribution in [0.2, 0.25) is 0 Å². The highest BCUT2D eigenvalue weighted by Gasteiger charge is 2.38. The van der Waals surface area contributed by atoms with E-state index < -0.39 is 0 Å². The number of methoxy groups -OCH3 is 1. The Morgan fingerprint density at radius 2 is 2.17 bits per heavy atom. The van der Waals surface area contributed by atoms with Crippen molar-refractivity contribution in [2.24, 2.45) is 0 Å². The van der Waals surface area contributed by atoms with Gasteiger partial charge in [0.2, 0.25) is 5.95 Å². The maximum atomic E-state index is 13.1. The Balaban J connectivity index is 1.52. The molecule has 9 nitrogen and oxygen atoms in total. The monoisotopic (exact) mass is 421 g/mol. The fraction of sp³-hybridized carbons (Fsp3) is 0.250. The first-order valence-electron chi connectivity index (χ1n) is 9.32. The Morgan fingerprint density at radius 3 is 2.97 bits per heavy atom. The number of nitrogens with one attached hydrogen (secondary N) is 2. The van der Waals surface area contributed by atoms with Gasteiger partial charge in [-0.2, -0.15) is 5.10 Å². The summed E-state index contributed by atoms with van der Waals surface area (Å²) in [4.78, 5) is 26.1. The lowest BCUT2D eigenvalue weighted by Gasteiger charge is -2.31. The maximum absolute atomic E-state index is 13.1. The first-order valence-corrected chi connectivity index (χ1v) is 10.1. The summed E-state index contributed by atoms with van der Waals surface area (Å²) in [6.45, 7) is 4.14. The smallest absolute Gasteiger partial charge is 0.278 e. The Hall–Kier alpha value is -3.53. The topological polar surface area (TPSA) is 132 Å². The number of amides is 1.